The Balaban J connectivity index is 2.11. The maximum absolute atomic E-state index is 12.1. The molecule has 6 heteroatoms. The molecule has 0 saturated heterocycles. The van der Waals surface area contributed by atoms with E-state index in [1.54, 1.807) is 18.2 Å². The van der Waals surface area contributed by atoms with Gasteiger partial charge in [-0.2, -0.15) is 0 Å². The quantitative estimate of drug-likeness (QED) is 0.887. The first-order valence-electron chi connectivity index (χ1n) is 6.68. The van der Waals surface area contributed by atoms with Crippen molar-refractivity contribution in [3.05, 3.63) is 34.5 Å². The van der Waals surface area contributed by atoms with Crippen LogP contribution in [0.1, 0.15) is 16.1 Å². The Kier molecular flexibility index (Phi) is 4.88. The second kappa shape index (κ2) is 6.47. The van der Waals surface area contributed by atoms with Crippen LogP contribution < -0.4 is 5.32 Å². The van der Waals surface area contributed by atoms with Crippen molar-refractivity contribution in [2.24, 2.45) is 0 Å². The number of nitrogens with one attached hydrogen (secondary N) is 1. The number of fused-ring (bicyclic) bond motifs is 1. The number of likely N-dealkylation sites (N-methyl/N-ethyl adjacent to an activating group) is 1. The summed E-state index contributed by atoms with van der Waals surface area (Å²) < 4.78 is 5.57. The number of aryl methyl sites for hydroxylation is 1. The van der Waals surface area contributed by atoms with Crippen LogP contribution in [0.5, 0.6) is 0 Å². The lowest BCUT2D eigenvalue weighted by molar-refractivity contribution is 0.0867. The van der Waals surface area contributed by atoms with Crippen LogP contribution in [0, 0.1) is 6.92 Å². The third kappa shape index (κ3) is 3.75. The highest BCUT2D eigenvalue weighted by atomic mass is 35.5. The first-order valence-corrected chi connectivity index (χ1v) is 7.06. The summed E-state index contributed by atoms with van der Waals surface area (Å²) in [5.74, 6) is -0.0815. The average Bonchev–Trinajstić information content (AvgIpc) is 2.73. The van der Waals surface area contributed by atoms with Crippen LogP contribution in [0.4, 0.5) is 0 Å². The lowest BCUT2D eigenvalue weighted by Gasteiger charge is -2.16. The first kappa shape index (κ1) is 15.8. The van der Waals surface area contributed by atoms with Gasteiger partial charge in [0.05, 0.1) is 6.10 Å². The summed E-state index contributed by atoms with van der Waals surface area (Å²) in [6.45, 7) is 2.47. The molecule has 1 unspecified atom stereocenters. The van der Waals surface area contributed by atoms with Crippen LogP contribution in [-0.2, 0) is 0 Å². The van der Waals surface area contributed by atoms with E-state index in [9.17, 15) is 9.90 Å². The molecule has 0 fully saturated rings. The average molecular weight is 311 g/mol. The van der Waals surface area contributed by atoms with Gasteiger partial charge in [0.2, 0.25) is 0 Å². The topological polar surface area (TPSA) is 65.7 Å². The SMILES string of the molecule is Cc1c(C(=O)NCC(O)CN(C)C)oc2ccc(Cl)cc12. The zero-order chi connectivity index (χ0) is 15.6. The largest absolute Gasteiger partial charge is 0.451 e. The smallest absolute Gasteiger partial charge is 0.287 e. The lowest BCUT2D eigenvalue weighted by Crippen LogP contribution is -2.37. The van der Waals surface area contributed by atoms with Gasteiger partial charge in [-0.3, -0.25) is 4.79 Å². The number of benzene rings is 1. The predicted molar refractivity (Wildman–Crippen MR) is 82.9 cm³/mol. The Hall–Kier alpha value is -1.56. The number of halogens is 1. The molecule has 0 spiro atoms. The van der Waals surface area contributed by atoms with Gasteiger partial charge in [-0.1, -0.05) is 11.6 Å². The minimum Gasteiger partial charge on any atom is -0.451 e. The molecule has 0 aliphatic heterocycles. The molecule has 2 N–H and O–H groups in total. The fraction of sp³-hybridized carbons (Fsp3) is 0.400. The Morgan fingerprint density at radius 2 is 2.19 bits per heavy atom. The fourth-order valence-electron chi connectivity index (χ4n) is 2.19. The number of amides is 1. The molecule has 0 saturated carbocycles. The molecule has 2 aromatic rings. The summed E-state index contributed by atoms with van der Waals surface area (Å²) in [5.41, 5.74) is 1.36. The second-order valence-corrected chi connectivity index (χ2v) is 5.76. The van der Waals surface area contributed by atoms with Crippen molar-refractivity contribution in [1.29, 1.82) is 0 Å². The number of furan rings is 1. The highest BCUT2D eigenvalue weighted by Crippen LogP contribution is 2.27. The molecule has 21 heavy (non-hydrogen) atoms. The van der Waals surface area contributed by atoms with Crippen molar-refractivity contribution in [2.45, 2.75) is 13.0 Å². The van der Waals surface area contributed by atoms with Crippen molar-refractivity contribution in [1.82, 2.24) is 10.2 Å². The van der Waals surface area contributed by atoms with Crippen molar-refractivity contribution in [2.75, 3.05) is 27.2 Å². The number of carbonyl (C=O) groups excluding carboxylic acids is 1. The summed E-state index contributed by atoms with van der Waals surface area (Å²) >= 11 is 5.95. The summed E-state index contributed by atoms with van der Waals surface area (Å²) in [4.78, 5) is 14.0. The van der Waals surface area contributed by atoms with E-state index in [1.165, 1.54) is 0 Å². The van der Waals surface area contributed by atoms with Gasteiger partial charge in [-0.25, -0.2) is 0 Å². The van der Waals surface area contributed by atoms with Crippen LogP contribution in [0.2, 0.25) is 5.02 Å². The minimum absolute atomic E-state index is 0.175. The van der Waals surface area contributed by atoms with E-state index in [0.29, 0.717) is 17.2 Å². The monoisotopic (exact) mass is 310 g/mol. The minimum atomic E-state index is -0.622. The van der Waals surface area contributed by atoms with Crippen LogP contribution in [0.3, 0.4) is 0 Å². The maximum Gasteiger partial charge on any atom is 0.287 e. The van der Waals surface area contributed by atoms with Crippen molar-refractivity contribution in [3.8, 4) is 0 Å². The molecule has 114 valence electrons. The molecule has 1 aromatic heterocycles. The Bertz CT molecular complexity index is 652. The Labute approximate surface area is 128 Å². The van der Waals surface area contributed by atoms with E-state index in [1.807, 2.05) is 25.9 Å². The molecule has 0 bridgehead atoms. The van der Waals surface area contributed by atoms with E-state index < -0.39 is 6.10 Å². The van der Waals surface area contributed by atoms with E-state index in [2.05, 4.69) is 5.32 Å². The van der Waals surface area contributed by atoms with Gasteiger partial charge in [-0.15, -0.1) is 0 Å². The van der Waals surface area contributed by atoms with E-state index in [4.69, 9.17) is 16.0 Å². The van der Waals surface area contributed by atoms with Gasteiger partial charge in [0, 0.05) is 29.1 Å². The summed E-state index contributed by atoms with van der Waals surface area (Å²) in [5, 5.41) is 13.9. The third-order valence-electron chi connectivity index (χ3n) is 3.18. The molecule has 1 atom stereocenters. The molecule has 0 aliphatic rings. The third-order valence-corrected chi connectivity index (χ3v) is 3.41. The standard InChI is InChI=1S/C15H19ClN2O3/c1-9-12-6-10(16)4-5-13(12)21-14(9)15(20)17-7-11(19)8-18(2)3/h4-6,11,19H,7-8H2,1-3H3,(H,17,20). The molecule has 1 aromatic carbocycles. The van der Waals surface area contributed by atoms with Gasteiger partial charge >= 0.3 is 0 Å². The normalized spacial score (nSPS) is 12.9. The number of hydrogen-bond acceptors (Lipinski definition) is 4. The zero-order valence-corrected chi connectivity index (χ0v) is 13.1. The summed E-state index contributed by atoms with van der Waals surface area (Å²) in [6, 6.07) is 5.23. The maximum atomic E-state index is 12.1. The molecule has 1 heterocycles. The summed E-state index contributed by atoms with van der Waals surface area (Å²) in [7, 11) is 3.72. The lowest BCUT2D eigenvalue weighted by atomic mass is 10.1. The highest BCUT2D eigenvalue weighted by molar-refractivity contribution is 6.31. The first-order chi connectivity index (χ1) is 9.88. The zero-order valence-electron chi connectivity index (χ0n) is 12.3. The fourth-order valence-corrected chi connectivity index (χ4v) is 2.36. The number of hydrogen-bond donors (Lipinski definition) is 2. The number of aliphatic hydroxyl groups excluding tert-OH is 1. The van der Waals surface area contributed by atoms with E-state index >= 15 is 0 Å². The van der Waals surface area contributed by atoms with Crippen molar-refractivity contribution >= 4 is 28.5 Å². The highest BCUT2D eigenvalue weighted by Gasteiger charge is 2.18. The number of aliphatic hydroxyl groups is 1. The van der Waals surface area contributed by atoms with Gasteiger partial charge in [0.25, 0.3) is 5.91 Å². The molecular weight excluding hydrogens is 292 g/mol. The van der Waals surface area contributed by atoms with Crippen LogP contribution >= 0.6 is 11.6 Å². The second-order valence-electron chi connectivity index (χ2n) is 5.32. The van der Waals surface area contributed by atoms with E-state index in [0.717, 1.165) is 10.9 Å². The summed E-state index contributed by atoms with van der Waals surface area (Å²) in [6.07, 6.45) is -0.622. The van der Waals surface area contributed by atoms with Gasteiger partial charge in [0.15, 0.2) is 5.76 Å². The van der Waals surface area contributed by atoms with Gasteiger partial charge in [0.1, 0.15) is 5.58 Å². The van der Waals surface area contributed by atoms with Crippen molar-refractivity contribution in [3.63, 3.8) is 0 Å². The van der Waals surface area contributed by atoms with Crippen LogP contribution in [0.25, 0.3) is 11.0 Å². The number of nitrogens with zero attached hydrogens (tertiary/aromatic N) is 1. The molecule has 5 nitrogen and oxygen atoms in total. The molecular formula is C15H19ClN2O3. The van der Waals surface area contributed by atoms with Crippen LogP contribution in [0.15, 0.2) is 22.6 Å². The van der Waals surface area contributed by atoms with Gasteiger partial charge < -0.3 is 19.7 Å². The molecule has 0 radical (unpaired) electrons. The predicted octanol–water partition coefficient (Wildman–Crippen LogP) is 2.05. The van der Waals surface area contributed by atoms with E-state index in [-0.39, 0.29) is 18.2 Å². The molecule has 0 aliphatic carbocycles. The van der Waals surface area contributed by atoms with Crippen molar-refractivity contribution < 1.29 is 14.3 Å². The molecule has 2 rings (SSSR count). The number of rotatable bonds is 5. The molecule has 1 amide bonds. The number of carbonyl (C=O) groups is 1. The van der Waals surface area contributed by atoms with Crippen LogP contribution in [-0.4, -0.2) is 49.2 Å². The van der Waals surface area contributed by atoms with Gasteiger partial charge in [-0.05, 0) is 39.2 Å². The Morgan fingerprint density at radius 3 is 2.86 bits per heavy atom. The Morgan fingerprint density at radius 1 is 1.48 bits per heavy atom.